The number of carbonyl (C=O) groups is 1. The summed E-state index contributed by atoms with van der Waals surface area (Å²) < 4.78 is 1.89. The number of aromatic amines is 2. The number of hydrogen-bond acceptors (Lipinski definition) is 8. The highest BCUT2D eigenvalue weighted by molar-refractivity contribution is 5.94. The van der Waals surface area contributed by atoms with Crippen LogP contribution in [0, 0.1) is 6.92 Å². The van der Waals surface area contributed by atoms with Crippen LogP contribution < -0.4 is 5.32 Å². The lowest BCUT2D eigenvalue weighted by Crippen LogP contribution is -2.27. The van der Waals surface area contributed by atoms with Crippen LogP contribution in [0.4, 0.5) is 5.69 Å². The first kappa shape index (κ1) is 22.5. The van der Waals surface area contributed by atoms with E-state index in [9.17, 15) is 4.79 Å². The van der Waals surface area contributed by atoms with Gasteiger partial charge in [-0.1, -0.05) is 0 Å². The molecule has 0 aliphatic carbocycles. The molecule has 0 saturated heterocycles. The number of rotatable bonds is 6. The minimum absolute atomic E-state index is 0.117. The van der Waals surface area contributed by atoms with E-state index in [4.69, 9.17) is 9.97 Å². The van der Waals surface area contributed by atoms with Crippen LogP contribution in [-0.2, 0) is 4.79 Å². The van der Waals surface area contributed by atoms with E-state index < -0.39 is 0 Å². The second kappa shape index (κ2) is 8.91. The van der Waals surface area contributed by atoms with Crippen LogP contribution in [0.1, 0.15) is 5.69 Å². The van der Waals surface area contributed by atoms with E-state index in [2.05, 4.69) is 35.5 Å². The summed E-state index contributed by atoms with van der Waals surface area (Å²) in [6.45, 7) is 2.21. The van der Waals surface area contributed by atoms with Crippen LogP contribution in [0.15, 0.2) is 55.5 Å². The van der Waals surface area contributed by atoms with E-state index in [1.54, 1.807) is 36.0 Å². The second-order valence-electron chi connectivity index (χ2n) is 8.98. The number of anilines is 1. The lowest BCUT2D eigenvalue weighted by atomic mass is 10.1. The van der Waals surface area contributed by atoms with Gasteiger partial charge in [-0.05, 0) is 39.2 Å². The van der Waals surface area contributed by atoms with E-state index in [1.807, 2.05) is 50.0 Å². The molecule has 0 aliphatic heterocycles. The molecule has 0 atom stereocenters. The highest BCUT2D eigenvalue weighted by atomic mass is 16.2. The molecule has 0 bridgehead atoms. The number of fused-ring (bicyclic) bond motifs is 2. The summed E-state index contributed by atoms with van der Waals surface area (Å²) in [5, 5.41) is 10.4. The average Bonchev–Trinajstić information content (AvgIpc) is 3.60. The smallest absolute Gasteiger partial charge is 0.238 e. The van der Waals surface area contributed by atoms with Gasteiger partial charge in [0, 0.05) is 18.0 Å². The Balaban J connectivity index is 1.38. The first-order chi connectivity index (χ1) is 17.9. The summed E-state index contributed by atoms with van der Waals surface area (Å²) in [7, 11) is 3.68. The molecule has 12 nitrogen and oxygen atoms in total. The third-order valence-corrected chi connectivity index (χ3v) is 5.77. The predicted octanol–water partition coefficient (Wildman–Crippen LogP) is 2.95. The summed E-state index contributed by atoms with van der Waals surface area (Å²) in [5.41, 5.74) is 7.32. The topological polar surface area (TPSA) is 146 Å². The standard InChI is InChI=1S/C25H23N11O/c1-14-11-36(13-28-14)20-10-27-9-19-22(20)32-25(31-19)24-23-18(33-34-24)5-4-17(30-23)15-6-16(8-26-7-15)29-21(37)12-35(2)3/h4-11,13H,12H2,1-3H3,(H,29,37)(H,31,32)(H,33,34). The number of pyridine rings is 3. The molecule has 37 heavy (non-hydrogen) atoms. The lowest BCUT2D eigenvalue weighted by molar-refractivity contribution is -0.116. The number of likely N-dealkylation sites (N-methyl/N-ethyl adjacent to an activating group) is 1. The molecule has 0 spiro atoms. The number of carbonyl (C=O) groups excluding carboxylic acids is 1. The first-order valence-electron chi connectivity index (χ1n) is 11.5. The lowest BCUT2D eigenvalue weighted by Gasteiger charge is -2.10. The van der Waals surface area contributed by atoms with Gasteiger partial charge < -0.3 is 19.8 Å². The van der Waals surface area contributed by atoms with Crippen molar-refractivity contribution < 1.29 is 4.79 Å². The van der Waals surface area contributed by atoms with Crippen molar-refractivity contribution in [2.75, 3.05) is 26.0 Å². The summed E-state index contributed by atoms with van der Waals surface area (Å²) in [6.07, 6.45) is 10.5. The predicted molar refractivity (Wildman–Crippen MR) is 139 cm³/mol. The van der Waals surface area contributed by atoms with Gasteiger partial charge in [-0.2, -0.15) is 5.10 Å². The fourth-order valence-corrected chi connectivity index (χ4v) is 4.13. The maximum atomic E-state index is 12.2. The van der Waals surface area contributed by atoms with Gasteiger partial charge in [0.15, 0.2) is 11.5 Å². The van der Waals surface area contributed by atoms with E-state index >= 15 is 0 Å². The molecule has 0 radical (unpaired) electrons. The van der Waals surface area contributed by atoms with Crippen LogP contribution in [0.5, 0.6) is 0 Å². The van der Waals surface area contributed by atoms with Gasteiger partial charge in [0.25, 0.3) is 0 Å². The van der Waals surface area contributed by atoms with E-state index in [0.29, 0.717) is 28.4 Å². The monoisotopic (exact) mass is 493 g/mol. The Bertz CT molecular complexity index is 1760. The molecule has 184 valence electrons. The number of hydrogen-bond donors (Lipinski definition) is 3. The minimum Gasteiger partial charge on any atom is -0.335 e. The van der Waals surface area contributed by atoms with Crippen LogP contribution in [0.2, 0.25) is 0 Å². The Labute approximate surface area is 210 Å². The molecular formula is C25H23N11O. The summed E-state index contributed by atoms with van der Waals surface area (Å²) >= 11 is 0. The number of imidazole rings is 2. The molecule has 0 unspecified atom stereocenters. The fourth-order valence-electron chi connectivity index (χ4n) is 4.13. The molecule has 12 heteroatoms. The molecule has 6 heterocycles. The van der Waals surface area contributed by atoms with Crippen molar-refractivity contribution in [1.82, 2.24) is 49.6 Å². The zero-order valence-electron chi connectivity index (χ0n) is 20.4. The van der Waals surface area contributed by atoms with Gasteiger partial charge in [0.05, 0.1) is 65.3 Å². The van der Waals surface area contributed by atoms with Crippen molar-refractivity contribution in [2.45, 2.75) is 6.92 Å². The molecule has 1 amide bonds. The number of amides is 1. The summed E-state index contributed by atoms with van der Waals surface area (Å²) in [5.74, 6) is 0.453. The van der Waals surface area contributed by atoms with Crippen molar-refractivity contribution >= 4 is 33.7 Å². The first-order valence-corrected chi connectivity index (χ1v) is 11.5. The van der Waals surface area contributed by atoms with Crippen LogP contribution in [0.25, 0.3) is 50.5 Å². The Morgan fingerprint density at radius 1 is 1.05 bits per heavy atom. The molecule has 0 fully saturated rings. The zero-order chi connectivity index (χ0) is 25.5. The molecule has 6 aromatic heterocycles. The number of aryl methyl sites for hydroxylation is 1. The Kier molecular flexibility index (Phi) is 5.42. The average molecular weight is 494 g/mol. The summed E-state index contributed by atoms with van der Waals surface area (Å²) in [6, 6.07) is 5.64. The SMILES string of the molecule is Cc1cn(-c2cncc3[nH]c(-c4n[nH]c5ccc(-c6cncc(NC(=O)CN(C)C)c6)nc45)nc23)cn1. The quantitative estimate of drug-likeness (QED) is 0.321. The third-order valence-electron chi connectivity index (χ3n) is 5.77. The van der Waals surface area contributed by atoms with E-state index in [1.165, 1.54) is 0 Å². The number of nitrogens with one attached hydrogen (secondary N) is 3. The molecule has 6 aromatic rings. The highest BCUT2D eigenvalue weighted by Crippen LogP contribution is 2.29. The van der Waals surface area contributed by atoms with Crippen LogP contribution >= 0.6 is 0 Å². The van der Waals surface area contributed by atoms with Gasteiger partial charge in [-0.25, -0.2) is 15.0 Å². The minimum atomic E-state index is -0.117. The largest absolute Gasteiger partial charge is 0.335 e. The normalized spacial score (nSPS) is 11.6. The van der Waals surface area contributed by atoms with Crippen molar-refractivity contribution in [3.05, 3.63) is 61.2 Å². The van der Waals surface area contributed by atoms with Crippen molar-refractivity contribution in [2.24, 2.45) is 0 Å². The van der Waals surface area contributed by atoms with E-state index in [-0.39, 0.29) is 12.5 Å². The van der Waals surface area contributed by atoms with Crippen LogP contribution in [-0.4, -0.2) is 76.1 Å². The molecule has 0 saturated carbocycles. The zero-order valence-corrected chi connectivity index (χ0v) is 20.4. The maximum Gasteiger partial charge on any atom is 0.238 e. The van der Waals surface area contributed by atoms with Gasteiger partial charge >= 0.3 is 0 Å². The fraction of sp³-hybridized carbons (Fsp3) is 0.160. The van der Waals surface area contributed by atoms with Gasteiger partial charge in [0.1, 0.15) is 11.0 Å². The Hall–Kier alpha value is -4.97. The van der Waals surface area contributed by atoms with Crippen molar-refractivity contribution in [3.8, 4) is 28.5 Å². The Morgan fingerprint density at radius 2 is 1.92 bits per heavy atom. The van der Waals surface area contributed by atoms with Gasteiger partial charge in [-0.3, -0.25) is 19.9 Å². The van der Waals surface area contributed by atoms with Gasteiger partial charge in [-0.15, -0.1) is 0 Å². The highest BCUT2D eigenvalue weighted by Gasteiger charge is 2.17. The van der Waals surface area contributed by atoms with Gasteiger partial charge in [0.2, 0.25) is 5.91 Å². The molecule has 0 aliphatic rings. The molecule has 6 rings (SSSR count). The van der Waals surface area contributed by atoms with Crippen molar-refractivity contribution in [3.63, 3.8) is 0 Å². The second-order valence-corrected chi connectivity index (χ2v) is 8.98. The number of H-pyrrole nitrogens is 2. The van der Waals surface area contributed by atoms with E-state index in [0.717, 1.165) is 33.5 Å². The number of aromatic nitrogens is 9. The molecule has 0 aromatic carbocycles. The molecule has 3 N–H and O–H groups in total. The molecular weight excluding hydrogens is 470 g/mol. The van der Waals surface area contributed by atoms with Crippen LogP contribution in [0.3, 0.4) is 0 Å². The third kappa shape index (κ3) is 4.29. The number of nitrogens with zero attached hydrogens (tertiary/aromatic N) is 8. The maximum absolute atomic E-state index is 12.2. The summed E-state index contributed by atoms with van der Waals surface area (Å²) in [4.78, 5) is 39.9. The Morgan fingerprint density at radius 3 is 2.73 bits per heavy atom. The van der Waals surface area contributed by atoms with Crippen molar-refractivity contribution in [1.29, 1.82) is 0 Å².